The highest BCUT2D eigenvalue weighted by Gasteiger charge is 2.11. The van der Waals surface area contributed by atoms with Crippen LogP contribution in [0.2, 0.25) is 5.15 Å². The molecule has 78 valence electrons. The maximum atomic E-state index is 13.5. The predicted molar refractivity (Wildman–Crippen MR) is 60.7 cm³/mol. The van der Waals surface area contributed by atoms with Crippen molar-refractivity contribution in [3.05, 3.63) is 23.2 Å². The maximum absolute atomic E-state index is 13.5. The summed E-state index contributed by atoms with van der Waals surface area (Å²) in [6.07, 6.45) is 3.28. The van der Waals surface area contributed by atoms with E-state index in [1.807, 2.05) is 6.26 Å². The largest absolute Gasteiger partial charge is 0.397 e. The summed E-state index contributed by atoms with van der Waals surface area (Å²) in [5.41, 5.74) is 6.43. The molecule has 0 atom stereocenters. The van der Waals surface area contributed by atoms with Gasteiger partial charge in [-0.25, -0.2) is 14.4 Å². The number of thioether (sulfide) groups is 1. The molecule has 3 nitrogen and oxygen atoms in total. The highest BCUT2D eigenvalue weighted by molar-refractivity contribution is 7.98. The van der Waals surface area contributed by atoms with E-state index in [1.54, 1.807) is 6.07 Å². The van der Waals surface area contributed by atoms with E-state index in [4.69, 9.17) is 17.3 Å². The molecule has 2 N–H and O–H groups in total. The lowest BCUT2D eigenvalue weighted by Gasteiger charge is -2.05. The zero-order valence-corrected chi connectivity index (χ0v) is 9.36. The Morgan fingerprint density at radius 1 is 1.53 bits per heavy atom. The molecule has 0 bridgehead atoms. The van der Waals surface area contributed by atoms with Gasteiger partial charge in [0.15, 0.2) is 11.0 Å². The molecule has 0 aromatic carbocycles. The van der Waals surface area contributed by atoms with E-state index in [0.717, 1.165) is 0 Å². The lowest BCUT2D eigenvalue weighted by atomic mass is 10.2. The van der Waals surface area contributed by atoms with Crippen LogP contribution in [0.4, 0.5) is 10.1 Å². The fourth-order valence-corrected chi connectivity index (χ4v) is 1.86. The van der Waals surface area contributed by atoms with Crippen molar-refractivity contribution in [3.63, 3.8) is 0 Å². The third-order valence-corrected chi connectivity index (χ3v) is 2.92. The Balaban J connectivity index is 2.82. The first-order valence-corrected chi connectivity index (χ1v) is 5.68. The molecule has 0 radical (unpaired) electrons. The van der Waals surface area contributed by atoms with Crippen LogP contribution in [0.1, 0.15) is 0 Å². The second-order valence-corrected chi connectivity index (χ2v) is 4.04. The predicted octanol–water partition coefficient (Wildman–Crippen LogP) is 2.73. The standard InChI is InChI=1S/C9H7ClFN3S/c1-15-9-5(12)2-4-3-13-8(10)6(11)7(4)14-9/h2-3H,12H2,1H3. The molecule has 0 amide bonds. The van der Waals surface area contributed by atoms with Crippen LogP contribution in [0.25, 0.3) is 10.9 Å². The number of rotatable bonds is 1. The summed E-state index contributed by atoms with van der Waals surface area (Å²) in [6.45, 7) is 0. The van der Waals surface area contributed by atoms with Gasteiger partial charge in [0.05, 0.1) is 5.69 Å². The van der Waals surface area contributed by atoms with Crippen molar-refractivity contribution < 1.29 is 4.39 Å². The maximum Gasteiger partial charge on any atom is 0.186 e. The van der Waals surface area contributed by atoms with Gasteiger partial charge in [-0.2, -0.15) is 0 Å². The molecular formula is C9H7ClFN3S. The minimum atomic E-state index is -0.607. The average molecular weight is 244 g/mol. The molecule has 0 aliphatic heterocycles. The monoisotopic (exact) mass is 243 g/mol. The average Bonchev–Trinajstić information content (AvgIpc) is 2.23. The molecule has 0 aliphatic carbocycles. The van der Waals surface area contributed by atoms with Gasteiger partial charge in [0.2, 0.25) is 0 Å². The highest BCUT2D eigenvalue weighted by atomic mass is 35.5. The van der Waals surface area contributed by atoms with E-state index < -0.39 is 5.82 Å². The Morgan fingerprint density at radius 3 is 2.93 bits per heavy atom. The number of halogens is 2. The van der Waals surface area contributed by atoms with Crippen LogP contribution in [0.5, 0.6) is 0 Å². The van der Waals surface area contributed by atoms with Gasteiger partial charge in [-0.05, 0) is 12.3 Å². The van der Waals surface area contributed by atoms with E-state index in [1.165, 1.54) is 18.0 Å². The summed E-state index contributed by atoms with van der Waals surface area (Å²) in [4.78, 5) is 7.78. The van der Waals surface area contributed by atoms with Gasteiger partial charge in [-0.15, -0.1) is 11.8 Å². The fourth-order valence-electron chi connectivity index (χ4n) is 1.25. The molecule has 6 heteroatoms. The first kappa shape index (κ1) is 10.4. The quantitative estimate of drug-likeness (QED) is 0.618. The number of aromatic nitrogens is 2. The van der Waals surface area contributed by atoms with E-state index in [0.29, 0.717) is 16.1 Å². The van der Waals surface area contributed by atoms with Crippen molar-refractivity contribution in [1.29, 1.82) is 0 Å². The summed E-state index contributed by atoms with van der Waals surface area (Å²) >= 11 is 6.92. The summed E-state index contributed by atoms with van der Waals surface area (Å²) in [7, 11) is 0. The molecule has 2 heterocycles. The Hall–Kier alpha value is -1.07. The van der Waals surface area contributed by atoms with Crippen LogP contribution in [0.15, 0.2) is 17.3 Å². The SMILES string of the molecule is CSc1nc2c(F)c(Cl)ncc2cc1N. The minimum Gasteiger partial charge on any atom is -0.397 e. The minimum absolute atomic E-state index is 0.174. The normalized spacial score (nSPS) is 10.9. The first-order valence-electron chi connectivity index (χ1n) is 4.07. The molecule has 0 saturated carbocycles. The van der Waals surface area contributed by atoms with E-state index >= 15 is 0 Å². The molecule has 0 fully saturated rings. The number of nitrogen functional groups attached to an aromatic ring is 1. The van der Waals surface area contributed by atoms with Gasteiger partial charge in [0, 0.05) is 11.6 Å². The zero-order valence-electron chi connectivity index (χ0n) is 7.79. The van der Waals surface area contributed by atoms with E-state index in [9.17, 15) is 4.39 Å². The van der Waals surface area contributed by atoms with Crippen LogP contribution in [0.3, 0.4) is 0 Å². The Labute approximate surface area is 94.8 Å². The van der Waals surface area contributed by atoms with Crippen LogP contribution < -0.4 is 5.73 Å². The molecule has 15 heavy (non-hydrogen) atoms. The van der Waals surface area contributed by atoms with Gasteiger partial charge in [0.1, 0.15) is 10.5 Å². The van der Waals surface area contributed by atoms with Crippen molar-refractivity contribution >= 4 is 40.0 Å². The second kappa shape index (κ2) is 3.83. The molecular weight excluding hydrogens is 237 g/mol. The van der Waals surface area contributed by atoms with Crippen LogP contribution >= 0.6 is 23.4 Å². The molecule has 0 unspecified atom stereocenters. The number of anilines is 1. The van der Waals surface area contributed by atoms with Crippen LogP contribution in [-0.2, 0) is 0 Å². The van der Waals surface area contributed by atoms with Gasteiger partial charge in [0.25, 0.3) is 0 Å². The molecule has 0 saturated heterocycles. The molecule has 2 rings (SSSR count). The summed E-state index contributed by atoms with van der Waals surface area (Å²) < 4.78 is 13.5. The number of pyridine rings is 2. The number of hydrogen-bond donors (Lipinski definition) is 1. The van der Waals surface area contributed by atoms with Crippen molar-refractivity contribution in [2.75, 3.05) is 12.0 Å². The fraction of sp³-hybridized carbons (Fsp3) is 0.111. The molecule has 0 aliphatic rings. The van der Waals surface area contributed by atoms with Gasteiger partial charge >= 0.3 is 0 Å². The second-order valence-electron chi connectivity index (χ2n) is 2.89. The van der Waals surface area contributed by atoms with Gasteiger partial charge < -0.3 is 5.73 Å². The molecule has 0 spiro atoms. The number of fused-ring (bicyclic) bond motifs is 1. The van der Waals surface area contributed by atoms with Crippen LogP contribution in [-0.4, -0.2) is 16.2 Å². The van der Waals surface area contributed by atoms with Crippen molar-refractivity contribution in [1.82, 2.24) is 9.97 Å². The molecule has 2 aromatic heterocycles. The lowest BCUT2D eigenvalue weighted by molar-refractivity contribution is 0.630. The Kier molecular flexibility index (Phi) is 2.67. The summed E-state index contributed by atoms with van der Waals surface area (Å²) in [5.74, 6) is -0.607. The van der Waals surface area contributed by atoms with E-state index in [2.05, 4.69) is 9.97 Å². The van der Waals surface area contributed by atoms with Crippen LogP contribution in [0, 0.1) is 5.82 Å². The first-order chi connectivity index (χ1) is 7.13. The van der Waals surface area contributed by atoms with E-state index in [-0.39, 0.29) is 10.7 Å². The number of nitrogens with two attached hydrogens (primary N) is 1. The lowest BCUT2D eigenvalue weighted by Crippen LogP contribution is -1.95. The number of nitrogens with zero attached hydrogens (tertiary/aromatic N) is 2. The molecule has 2 aromatic rings. The van der Waals surface area contributed by atoms with Crippen molar-refractivity contribution in [2.45, 2.75) is 5.03 Å². The summed E-state index contributed by atoms with van der Waals surface area (Å²) in [6, 6.07) is 1.64. The third kappa shape index (κ3) is 1.72. The van der Waals surface area contributed by atoms with Crippen molar-refractivity contribution in [2.24, 2.45) is 0 Å². The third-order valence-electron chi connectivity index (χ3n) is 1.94. The smallest absolute Gasteiger partial charge is 0.186 e. The number of hydrogen-bond acceptors (Lipinski definition) is 4. The van der Waals surface area contributed by atoms with Gasteiger partial charge in [-0.1, -0.05) is 11.6 Å². The summed E-state index contributed by atoms with van der Waals surface area (Å²) in [5, 5.41) is 0.961. The Morgan fingerprint density at radius 2 is 2.27 bits per heavy atom. The van der Waals surface area contributed by atoms with Gasteiger partial charge in [-0.3, -0.25) is 0 Å². The van der Waals surface area contributed by atoms with Crippen molar-refractivity contribution in [3.8, 4) is 0 Å². The topological polar surface area (TPSA) is 51.8 Å². The zero-order chi connectivity index (χ0) is 11.0. The highest BCUT2D eigenvalue weighted by Crippen LogP contribution is 2.27. The Bertz CT molecular complexity index is 532.